The molecule has 0 atom stereocenters. The number of hydrogen-bond donors (Lipinski definition) is 0. The largest absolute Gasteiger partial charge is 0.308 e. The highest BCUT2D eigenvalue weighted by Gasteiger charge is 2.22. The Morgan fingerprint density at radius 1 is 1.07 bits per heavy atom. The van der Waals surface area contributed by atoms with E-state index < -0.39 is 0 Å². The van der Waals surface area contributed by atoms with E-state index in [1.54, 1.807) is 22.5 Å². The molecule has 0 radical (unpaired) electrons. The first-order valence-electron chi connectivity index (χ1n) is 8.37. The number of halogens is 2. The number of aromatic nitrogens is 2. The number of carbonyl (C=O) groups excluding carboxylic acids is 1. The number of amides is 1. The summed E-state index contributed by atoms with van der Waals surface area (Å²) in [6, 6.07) is 9.99. The molecule has 0 unspecified atom stereocenters. The van der Waals surface area contributed by atoms with Crippen molar-refractivity contribution >= 4 is 66.6 Å². The molecule has 0 bridgehead atoms. The SMILES string of the molecule is CN(C)CCN(C(=O)c1ccc2ncsc2c1)c1nc2ccc(F)cc2s1.Cl. The Morgan fingerprint density at radius 2 is 1.86 bits per heavy atom. The lowest BCUT2D eigenvalue weighted by Gasteiger charge is -2.22. The van der Waals surface area contributed by atoms with Crippen molar-refractivity contribution in [1.82, 2.24) is 14.9 Å². The molecule has 0 fully saturated rings. The van der Waals surface area contributed by atoms with Crippen molar-refractivity contribution in [3.05, 3.63) is 53.3 Å². The van der Waals surface area contributed by atoms with Crippen LogP contribution in [0.1, 0.15) is 10.4 Å². The van der Waals surface area contributed by atoms with Gasteiger partial charge in [-0.3, -0.25) is 9.69 Å². The molecule has 146 valence electrons. The number of hydrogen-bond acceptors (Lipinski definition) is 6. The summed E-state index contributed by atoms with van der Waals surface area (Å²) in [5, 5.41) is 0.576. The molecule has 28 heavy (non-hydrogen) atoms. The van der Waals surface area contributed by atoms with Gasteiger partial charge in [0.1, 0.15) is 5.82 Å². The Hall–Kier alpha value is -2.13. The third kappa shape index (κ3) is 4.15. The third-order valence-electron chi connectivity index (χ3n) is 4.16. The molecule has 1 amide bonds. The van der Waals surface area contributed by atoms with Crippen LogP contribution in [0.3, 0.4) is 0 Å². The van der Waals surface area contributed by atoms with Crippen molar-refractivity contribution in [1.29, 1.82) is 0 Å². The zero-order chi connectivity index (χ0) is 19.0. The summed E-state index contributed by atoms with van der Waals surface area (Å²) in [6.07, 6.45) is 0. The van der Waals surface area contributed by atoms with Crippen molar-refractivity contribution in [2.45, 2.75) is 0 Å². The Balaban J connectivity index is 0.00000225. The molecule has 5 nitrogen and oxygen atoms in total. The van der Waals surface area contributed by atoms with E-state index in [4.69, 9.17) is 0 Å². The van der Waals surface area contributed by atoms with Crippen LogP contribution in [0.4, 0.5) is 9.52 Å². The molecule has 0 aliphatic carbocycles. The maximum Gasteiger partial charge on any atom is 0.260 e. The highest BCUT2D eigenvalue weighted by atomic mass is 35.5. The normalized spacial score (nSPS) is 11.1. The standard InChI is InChI=1S/C19H17FN4OS2.ClH/c1-23(2)7-8-24(19-22-15-6-4-13(20)10-17(15)27-19)18(25)12-3-5-14-16(9-12)26-11-21-14;/h3-6,9-11H,7-8H2,1-2H3;1H. The van der Waals surface area contributed by atoms with Gasteiger partial charge in [0.15, 0.2) is 5.13 Å². The van der Waals surface area contributed by atoms with Crippen LogP contribution >= 0.6 is 35.1 Å². The second kappa shape index (κ2) is 8.48. The number of fused-ring (bicyclic) bond motifs is 2. The Morgan fingerprint density at radius 3 is 2.64 bits per heavy atom. The number of rotatable bonds is 5. The minimum Gasteiger partial charge on any atom is -0.308 e. The second-order valence-corrected chi connectivity index (χ2v) is 8.30. The van der Waals surface area contributed by atoms with Crippen LogP contribution in [0.15, 0.2) is 41.9 Å². The average molecular weight is 437 g/mol. The number of likely N-dealkylation sites (N-methyl/N-ethyl adjacent to an activating group) is 1. The molecule has 2 heterocycles. The Labute approximate surface area is 175 Å². The topological polar surface area (TPSA) is 49.3 Å². The lowest BCUT2D eigenvalue weighted by molar-refractivity contribution is 0.0985. The second-order valence-electron chi connectivity index (χ2n) is 6.40. The maximum atomic E-state index is 13.5. The number of thiazole rings is 2. The fourth-order valence-corrected chi connectivity index (χ4v) is 4.46. The molecule has 0 saturated heterocycles. The monoisotopic (exact) mass is 436 g/mol. The van der Waals surface area contributed by atoms with E-state index in [2.05, 4.69) is 9.97 Å². The highest BCUT2D eigenvalue weighted by Crippen LogP contribution is 2.30. The predicted octanol–water partition coefficient (Wildman–Crippen LogP) is 4.68. The van der Waals surface area contributed by atoms with Gasteiger partial charge < -0.3 is 4.90 Å². The van der Waals surface area contributed by atoms with Crippen LogP contribution in [-0.4, -0.2) is 48.0 Å². The first-order valence-corrected chi connectivity index (χ1v) is 10.1. The summed E-state index contributed by atoms with van der Waals surface area (Å²) in [7, 11) is 3.92. The summed E-state index contributed by atoms with van der Waals surface area (Å²) in [5.41, 5.74) is 3.94. The van der Waals surface area contributed by atoms with Gasteiger partial charge in [-0.25, -0.2) is 14.4 Å². The number of anilines is 1. The van der Waals surface area contributed by atoms with Crippen LogP contribution in [0.5, 0.6) is 0 Å². The van der Waals surface area contributed by atoms with Gasteiger partial charge in [-0.2, -0.15) is 0 Å². The summed E-state index contributed by atoms with van der Waals surface area (Å²) in [6.45, 7) is 1.19. The molecule has 2 aromatic carbocycles. The predicted molar refractivity (Wildman–Crippen MR) is 117 cm³/mol. The molecule has 0 spiro atoms. The lowest BCUT2D eigenvalue weighted by Crippen LogP contribution is -2.36. The molecule has 0 aliphatic heterocycles. The fraction of sp³-hybridized carbons (Fsp3) is 0.211. The quantitative estimate of drug-likeness (QED) is 0.456. The molecular weight excluding hydrogens is 419 g/mol. The van der Waals surface area contributed by atoms with Gasteiger partial charge in [-0.05, 0) is 50.5 Å². The van der Waals surface area contributed by atoms with E-state index >= 15 is 0 Å². The van der Waals surface area contributed by atoms with Gasteiger partial charge in [0.05, 0.1) is 25.9 Å². The minimum absolute atomic E-state index is 0. The highest BCUT2D eigenvalue weighted by molar-refractivity contribution is 7.22. The smallest absolute Gasteiger partial charge is 0.260 e. The van der Waals surface area contributed by atoms with Crippen molar-refractivity contribution < 1.29 is 9.18 Å². The number of nitrogens with zero attached hydrogens (tertiary/aromatic N) is 4. The molecule has 9 heteroatoms. The summed E-state index contributed by atoms with van der Waals surface area (Å²) >= 11 is 2.83. The Kier molecular flexibility index (Phi) is 6.24. The van der Waals surface area contributed by atoms with E-state index in [0.29, 0.717) is 29.3 Å². The fourth-order valence-electron chi connectivity index (χ4n) is 2.73. The van der Waals surface area contributed by atoms with Gasteiger partial charge in [0, 0.05) is 18.7 Å². The van der Waals surface area contributed by atoms with Gasteiger partial charge in [0.25, 0.3) is 5.91 Å². The zero-order valence-electron chi connectivity index (χ0n) is 15.3. The molecular formula is C19H18ClFN4OS2. The minimum atomic E-state index is -0.306. The Bertz CT molecular complexity index is 1130. The molecule has 0 N–H and O–H groups in total. The summed E-state index contributed by atoms with van der Waals surface area (Å²) in [4.78, 5) is 25.8. The van der Waals surface area contributed by atoms with E-state index in [0.717, 1.165) is 14.9 Å². The van der Waals surface area contributed by atoms with Crippen LogP contribution in [0.25, 0.3) is 20.4 Å². The first kappa shape index (κ1) is 20.6. The number of benzene rings is 2. The van der Waals surface area contributed by atoms with Crippen LogP contribution in [0, 0.1) is 5.82 Å². The maximum absolute atomic E-state index is 13.5. The zero-order valence-corrected chi connectivity index (χ0v) is 17.7. The van der Waals surface area contributed by atoms with Crippen LogP contribution in [0.2, 0.25) is 0 Å². The molecule has 2 aromatic heterocycles. The van der Waals surface area contributed by atoms with Crippen molar-refractivity contribution in [2.75, 3.05) is 32.1 Å². The van der Waals surface area contributed by atoms with Crippen LogP contribution < -0.4 is 4.90 Å². The molecule has 0 saturated carbocycles. The third-order valence-corrected chi connectivity index (χ3v) is 6.00. The summed E-state index contributed by atoms with van der Waals surface area (Å²) < 4.78 is 15.2. The van der Waals surface area contributed by atoms with Gasteiger partial charge >= 0.3 is 0 Å². The van der Waals surface area contributed by atoms with E-state index in [-0.39, 0.29) is 24.1 Å². The molecule has 4 rings (SSSR count). The van der Waals surface area contributed by atoms with E-state index in [1.807, 2.05) is 31.1 Å². The van der Waals surface area contributed by atoms with Gasteiger partial charge in [-0.1, -0.05) is 11.3 Å². The van der Waals surface area contributed by atoms with Gasteiger partial charge in [-0.15, -0.1) is 23.7 Å². The lowest BCUT2D eigenvalue weighted by atomic mass is 10.2. The van der Waals surface area contributed by atoms with E-state index in [1.165, 1.54) is 34.8 Å². The van der Waals surface area contributed by atoms with Crippen molar-refractivity contribution in [3.8, 4) is 0 Å². The van der Waals surface area contributed by atoms with Crippen molar-refractivity contribution in [2.24, 2.45) is 0 Å². The van der Waals surface area contributed by atoms with Crippen LogP contribution in [-0.2, 0) is 0 Å². The average Bonchev–Trinajstić information content (AvgIpc) is 3.26. The molecule has 4 aromatic rings. The molecule has 0 aliphatic rings. The van der Waals surface area contributed by atoms with E-state index in [9.17, 15) is 9.18 Å². The summed E-state index contributed by atoms with van der Waals surface area (Å²) in [5.74, 6) is -0.425. The first-order chi connectivity index (χ1) is 13.0. The van der Waals surface area contributed by atoms with Gasteiger partial charge in [0.2, 0.25) is 0 Å². The van der Waals surface area contributed by atoms with Crippen molar-refractivity contribution in [3.63, 3.8) is 0 Å². The number of carbonyl (C=O) groups is 1.